The Balaban J connectivity index is 1.84. The molecule has 1 atom stereocenters. The molecule has 1 aromatic rings. The van der Waals surface area contributed by atoms with E-state index < -0.39 is 0 Å². The van der Waals surface area contributed by atoms with Gasteiger partial charge in [0.2, 0.25) is 0 Å². The summed E-state index contributed by atoms with van der Waals surface area (Å²) in [5, 5.41) is 8.09. The summed E-state index contributed by atoms with van der Waals surface area (Å²) in [5.74, 6) is 0.877. The van der Waals surface area contributed by atoms with Crippen molar-refractivity contribution >= 4 is 0 Å². The van der Waals surface area contributed by atoms with E-state index in [0.717, 1.165) is 12.5 Å². The molecule has 0 aliphatic heterocycles. The van der Waals surface area contributed by atoms with E-state index in [-0.39, 0.29) is 5.54 Å². The molecular formula is C15H27N3. The van der Waals surface area contributed by atoms with Crippen molar-refractivity contribution in [2.75, 3.05) is 0 Å². The number of nitrogens with zero attached hydrogens (tertiary/aromatic N) is 2. The molecule has 0 radical (unpaired) electrons. The van der Waals surface area contributed by atoms with Gasteiger partial charge in [0.1, 0.15) is 0 Å². The molecule has 0 unspecified atom stereocenters. The number of hydrogen-bond acceptors (Lipinski definition) is 2. The summed E-state index contributed by atoms with van der Waals surface area (Å²) in [6.07, 6.45) is 9.77. The van der Waals surface area contributed by atoms with Crippen molar-refractivity contribution in [3.8, 4) is 0 Å². The van der Waals surface area contributed by atoms with Crippen molar-refractivity contribution in [2.45, 2.75) is 71.5 Å². The van der Waals surface area contributed by atoms with Gasteiger partial charge in [-0.3, -0.25) is 4.68 Å². The van der Waals surface area contributed by atoms with Crippen molar-refractivity contribution in [2.24, 2.45) is 5.92 Å². The van der Waals surface area contributed by atoms with E-state index in [9.17, 15) is 0 Å². The molecule has 102 valence electrons. The maximum atomic E-state index is 4.44. The van der Waals surface area contributed by atoms with Gasteiger partial charge in [0, 0.05) is 24.3 Å². The highest BCUT2D eigenvalue weighted by Crippen LogP contribution is 2.27. The molecule has 1 aliphatic carbocycles. The summed E-state index contributed by atoms with van der Waals surface area (Å²) in [4.78, 5) is 0. The smallest absolute Gasteiger partial charge is 0.0543 e. The molecule has 18 heavy (non-hydrogen) atoms. The molecule has 0 saturated heterocycles. The van der Waals surface area contributed by atoms with E-state index in [1.165, 1.54) is 31.2 Å². The first-order valence-corrected chi connectivity index (χ1v) is 7.24. The van der Waals surface area contributed by atoms with E-state index in [1.54, 1.807) is 0 Å². The highest BCUT2D eigenvalue weighted by atomic mass is 15.3. The monoisotopic (exact) mass is 249 g/mol. The highest BCUT2D eigenvalue weighted by molar-refractivity contribution is 5.05. The summed E-state index contributed by atoms with van der Waals surface area (Å²) in [7, 11) is 0. The van der Waals surface area contributed by atoms with Gasteiger partial charge in [0.15, 0.2) is 0 Å². The first-order chi connectivity index (χ1) is 8.47. The van der Waals surface area contributed by atoms with Gasteiger partial charge >= 0.3 is 0 Å². The van der Waals surface area contributed by atoms with E-state index in [4.69, 9.17) is 0 Å². The molecule has 1 aromatic heterocycles. The third-order valence-electron chi connectivity index (χ3n) is 4.06. The molecule has 0 aromatic carbocycles. The second kappa shape index (κ2) is 5.43. The third-order valence-corrected chi connectivity index (χ3v) is 4.06. The third kappa shape index (κ3) is 3.35. The zero-order valence-electron chi connectivity index (χ0n) is 12.2. The molecule has 1 N–H and O–H groups in total. The van der Waals surface area contributed by atoms with Crippen LogP contribution in [0, 0.1) is 5.92 Å². The van der Waals surface area contributed by atoms with Gasteiger partial charge in [-0.1, -0.05) is 12.8 Å². The fourth-order valence-corrected chi connectivity index (χ4v) is 2.72. The predicted molar refractivity (Wildman–Crippen MR) is 75.5 cm³/mol. The Morgan fingerprint density at radius 3 is 2.61 bits per heavy atom. The van der Waals surface area contributed by atoms with Crippen LogP contribution in [0.1, 0.15) is 58.9 Å². The molecule has 3 heteroatoms. The molecule has 0 amide bonds. The average molecular weight is 249 g/mol. The molecule has 3 nitrogen and oxygen atoms in total. The standard InChI is InChI=1S/C15H27N3/c1-12(14-7-5-6-8-14)16-9-13-10-17-18(11-13)15(2,3)4/h10-12,14,16H,5-9H2,1-4H3/t12-/m0/s1. The molecule has 1 saturated carbocycles. The SMILES string of the molecule is C[C@H](NCc1cnn(C(C)(C)C)c1)C1CCCC1. The molecule has 0 spiro atoms. The van der Waals surface area contributed by atoms with Crippen LogP contribution in [0.2, 0.25) is 0 Å². The fraction of sp³-hybridized carbons (Fsp3) is 0.800. The van der Waals surface area contributed by atoms with Crippen molar-refractivity contribution in [3.05, 3.63) is 18.0 Å². The van der Waals surface area contributed by atoms with Crippen LogP contribution >= 0.6 is 0 Å². The fourth-order valence-electron chi connectivity index (χ4n) is 2.72. The summed E-state index contributed by atoms with van der Waals surface area (Å²) in [6, 6.07) is 0.630. The summed E-state index contributed by atoms with van der Waals surface area (Å²) >= 11 is 0. The Kier molecular flexibility index (Phi) is 4.10. The van der Waals surface area contributed by atoms with Gasteiger partial charge in [0.25, 0.3) is 0 Å². The predicted octanol–water partition coefficient (Wildman–Crippen LogP) is 3.31. The largest absolute Gasteiger partial charge is 0.310 e. The van der Waals surface area contributed by atoms with Crippen LogP contribution in [0.25, 0.3) is 0 Å². The molecule has 1 fully saturated rings. The Labute approximate surface area is 111 Å². The quantitative estimate of drug-likeness (QED) is 0.887. The van der Waals surface area contributed by atoms with E-state index in [1.807, 2.05) is 10.9 Å². The zero-order valence-corrected chi connectivity index (χ0v) is 12.2. The summed E-state index contributed by atoms with van der Waals surface area (Å²) < 4.78 is 2.05. The number of nitrogens with one attached hydrogen (secondary N) is 1. The molecular weight excluding hydrogens is 222 g/mol. The first-order valence-electron chi connectivity index (χ1n) is 7.24. The highest BCUT2D eigenvalue weighted by Gasteiger charge is 2.21. The van der Waals surface area contributed by atoms with Crippen molar-refractivity contribution < 1.29 is 0 Å². The summed E-state index contributed by atoms with van der Waals surface area (Å²) in [6.45, 7) is 9.80. The van der Waals surface area contributed by atoms with Crippen LogP contribution in [0.3, 0.4) is 0 Å². The normalized spacial score (nSPS) is 19.3. The average Bonchev–Trinajstić information content (AvgIpc) is 2.96. The lowest BCUT2D eigenvalue weighted by Crippen LogP contribution is -2.31. The molecule has 1 heterocycles. The van der Waals surface area contributed by atoms with Gasteiger partial charge in [-0.05, 0) is 46.5 Å². The van der Waals surface area contributed by atoms with Crippen LogP contribution in [0.4, 0.5) is 0 Å². The van der Waals surface area contributed by atoms with E-state index in [0.29, 0.717) is 6.04 Å². The minimum atomic E-state index is 0.0787. The zero-order chi connectivity index (χ0) is 13.2. The maximum Gasteiger partial charge on any atom is 0.0543 e. The maximum absolute atomic E-state index is 4.44. The van der Waals surface area contributed by atoms with E-state index >= 15 is 0 Å². The Morgan fingerprint density at radius 2 is 2.06 bits per heavy atom. The Hall–Kier alpha value is -0.830. The van der Waals surface area contributed by atoms with E-state index in [2.05, 4.69) is 44.3 Å². The van der Waals surface area contributed by atoms with Crippen LogP contribution in [0.5, 0.6) is 0 Å². The van der Waals surface area contributed by atoms with Crippen molar-refractivity contribution in [1.29, 1.82) is 0 Å². The molecule has 2 rings (SSSR count). The second-order valence-electron chi connectivity index (χ2n) is 6.68. The second-order valence-corrected chi connectivity index (χ2v) is 6.68. The number of aromatic nitrogens is 2. The minimum Gasteiger partial charge on any atom is -0.310 e. The lowest BCUT2D eigenvalue weighted by Gasteiger charge is -2.20. The molecule has 1 aliphatic rings. The van der Waals surface area contributed by atoms with Gasteiger partial charge in [0.05, 0.1) is 11.7 Å². The van der Waals surface area contributed by atoms with Gasteiger partial charge in [-0.25, -0.2) is 0 Å². The minimum absolute atomic E-state index is 0.0787. The van der Waals surface area contributed by atoms with Crippen molar-refractivity contribution in [3.63, 3.8) is 0 Å². The lowest BCUT2D eigenvalue weighted by atomic mass is 10.00. The van der Waals surface area contributed by atoms with Gasteiger partial charge < -0.3 is 5.32 Å². The van der Waals surface area contributed by atoms with Crippen LogP contribution < -0.4 is 5.32 Å². The van der Waals surface area contributed by atoms with Crippen LogP contribution in [0.15, 0.2) is 12.4 Å². The summed E-state index contributed by atoms with van der Waals surface area (Å²) in [5.41, 5.74) is 1.37. The van der Waals surface area contributed by atoms with Crippen molar-refractivity contribution in [1.82, 2.24) is 15.1 Å². The first kappa shape index (κ1) is 13.6. The Bertz CT molecular complexity index is 369. The lowest BCUT2D eigenvalue weighted by molar-refractivity contribution is 0.354. The molecule has 0 bridgehead atoms. The van der Waals surface area contributed by atoms with Gasteiger partial charge in [-0.15, -0.1) is 0 Å². The Morgan fingerprint density at radius 1 is 1.39 bits per heavy atom. The number of hydrogen-bond donors (Lipinski definition) is 1. The number of rotatable bonds is 4. The van der Waals surface area contributed by atoms with Crippen LogP contribution in [-0.2, 0) is 12.1 Å². The van der Waals surface area contributed by atoms with Gasteiger partial charge in [-0.2, -0.15) is 5.10 Å². The topological polar surface area (TPSA) is 29.9 Å². The van der Waals surface area contributed by atoms with Crippen LogP contribution in [-0.4, -0.2) is 15.8 Å².